The average molecular weight is 790 g/mol. The lowest BCUT2D eigenvalue weighted by Crippen LogP contribution is -2.56. The van der Waals surface area contributed by atoms with Crippen molar-refractivity contribution in [2.75, 3.05) is 0 Å². The van der Waals surface area contributed by atoms with Crippen LogP contribution in [0.25, 0.3) is 11.0 Å². The third-order valence-electron chi connectivity index (χ3n) is 18.8. The van der Waals surface area contributed by atoms with Gasteiger partial charge in [-0.3, -0.25) is 14.4 Å². The van der Waals surface area contributed by atoms with E-state index in [2.05, 4.69) is 31.1 Å². The number of fused-ring (bicyclic) bond motifs is 13. The fraction of sp³-hybridized carbons (Fsp3) is 0.680. The maximum atomic E-state index is 12.8. The van der Waals surface area contributed by atoms with Gasteiger partial charge in [-0.1, -0.05) is 19.0 Å². The summed E-state index contributed by atoms with van der Waals surface area (Å²) < 4.78 is 18.1. The fourth-order valence-electron chi connectivity index (χ4n) is 15.0. The number of carbonyl (C=O) groups excluding carboxylic acids is 3. The summed E-state index contributed by atoms with van der Waals surface area (Å²) in [7, 11) is 0. The second-order valence-corrected chi connectivity index (χ2v) is 22.0. The number of aromatic hydroxyl groups is 1. The van der Waals surface area contributed by atoms with Crippen molar-refractivity contribution in [2.24, 2.45) is 45.3 Å². The van der Waals surface area contributed by atoms with Gasteiger partial charge in [0.2, 0.25) is 0 Å². The highest BCUT2D eigenvalue weighted by atomic mass is 16.6. The lowest BCUT2D eigenvalue weighted by molar-refractivity contribution is -0.206. The molecule has 58 heavy (non-hydrogen) atoms. The van der Waals surface area contributed by atoms with Gasteiger partial charge in [0.15, 0.2) is 11.9 Å². The lowest BCUT2D eigenvalue weighted by Gasteiger charge is -2.56. The number of hydrogen-bond donors (Lipinski definition) is 1. The molecule has 0 radical (unpaired) electrons. The summed E-state index contributed by atoms with van der Waals surface area (Å²) in [6.45, 7) is 12.9. The summed E-state index contributed by atoms with van der Waals surface area (Å²) in [5.41, 5.74) is 5.73. The van der Waals surface area contributed by atoms with Gasteiger partial charge in [-0.05, 0) is 212 Å². The Morgan fingerprint density at radius 2 is 1.16 bits per heavy atom. The van der Waals surface area contributed by atoms with Gasteiger partial charge in [0.1, 0.15) is 17.0 Å². The highest BCUT2D eigenvalue weighted by Gasteiger charge is 2.67. The van der Waals surface area contributed by atoms with E-state index in [0.29, 0.717) is 41.1 Å². The highest BCUT2D eigenvalue weighted by Crippen LogP contribution is 2.69. The molecule has 8 heteroatoms. The van der Waals surface area contributed by atoms with Crippen LogP contribution in [-0.2, 0) is 31.9 Å². The normalized spacial score (nSPS) is 40.2. The van der Waals surface area contributed by atoms with Crippen molar-refractivity contribution < 1.29 is 33.5 Å². The van der Waals surface area contributed by atoms with Crippen LogP contribution in [0.4, 0.5) is 0 Å². The molecule has 6 unspecified atom stereocenters. The molecule has 3 aromatic rings. The first kappa shape index (κ1) is 38.5. The van der Waals surface area contributed by atoms with Crippen molar-refractivity contribution in [3.05, 3.63) is 58.3 Å². The summed E-state index contributed by atoms with van der Waals surface area (Å²) in [5.74, 6) is 3.66. The first-order valence-corrected chi connectivity index (χ1v) is 22.7. The smallest absolute Gasteiger partial charge is 0.312 e. The number of ether oxygens (including phenoxy) is 2. The predicted molar refractivity (Wildman–Crippen MR) is 220 cm³/mol. The molecule has 2 aromatic carbocycles. The molecule has 8 nitrogen and oxygen atoms in total. The van der Waals surface area contributed by atoms with Gasteiger partial charge in [-0.2, -0.15) is 0 Å². The maximum Gasteiger partial charge on any atom is 0.312 e. The Labute approximate surface area is 343 Å². The SMILES string of the molecule is CC1(C)CC[C@@]2(CCC3C4CCc5cc(O)c(C=O)cc5C4CC[C@@]32C)OC1=O.CC1(C)CC[C@@]2(CCC3C4CCc5cc6oncc6cc5C4CC[C@@]32C)OC1=O. The second kappa shape index (κ2) is 12.9. The molecule has 6 fully saturated rings. The van der Waals surface area contributed by atoms with Gasteiger partial charge in [0.05, 0.1) is 22.6 Å². The molecule has 4 saturated carbocycles. The van der Waals surface area contributed by atoms with E-state index in [1.165, 1.54) is 41.5 Å². The third-order valence-corrected chi connectivity index (χ3v) is 18.8. The number of benzene rings is 2. The number of phenols is 1. The zero-order valence-corrected chi connectivity index (χ0v) is 35.6. The summed E-state index contributed by atoms with van der Waals surface area (Å²) in [6, 6.07) is 8.31. The molecule has 2 spiro atoms. The van der Waals surface area contributed by atoms with E-state index < -0.39 is 0 Å². The van der Waals surface area contributed by atoms with Crippen molar-refractivity contribution in [2.45, 2.75) is 167 Å². The molecule has 6 aliphatic carbocycles. The highest BCUT2D eigenvalue weighted by molar-refractivity contribution is 5.81. The molecule has 0 amide bonds. The second-order valence-electron chi connectivity index (χ2n) is 22.0. The predicted octanol–water partition coefficient (Wildman–Crippen LogP) is 10.9. The number of aryl methyl sites for hydroxylation is 2. The van der Waals surface area contributed by atoms with Gasteiger partial charge < -0.3 is 19.1 Å². The first-order valence-electron chi connectivity index (χ1n) is 22.7. The monoisotopic (exact) mass is 789 g/mol. The Kier molecular flexibility index (Phi) is 8.57. The quantitative estimate of drug-likeness (QED) is 0.191. The largest absolute Gasteiger partial charge is 0.507 e. The van der Waals surface area contributed by atoms with Crippen LogP contribution in [0.5, 0.6) is 5.75 Å². The average Bonchev–Trinajstić information content (AvgIpc) is 3.86. The molecule has 10 atom stereocenters. The van der Waals surface area contributed by atoms with E-state index in [1.807, 2.05) is 46.0 Å². The van der Waals surface area contributed by atoms with Crippen molar-refractivity contribution in [1.82, 2.24) is 5.16 Å². The van der Waals surface area contributed by atoms with Gasteiger partial charge in [0, 0.05) is 16.2 Å². The van der Waals surface area contributed by atoms with E-state index >= 15 is 0 Å². The van der Waals surface area contributed by atoms with Gasteiger partial charge in [0.25, 0.3) is 0 Å². The van der Waals surface area contributed by atoms with Crippen LogP contribution < -0.4 is 0 Å². The Morgan fingerprint density at radius 3 is 1.67 bits per heavy atom. The van der Waals surface area contributed by atoms with E-state index in [0.717, 1.165) is 101 Å². The zero-order chi connectivity index (χ0) is 40.6. The van der Waals surface area contributed by atoms with E-state index in [-0.39, 0.29) is 50.6 Å². The summed E-state index contributed by atoms with van der Waals surface area (Å²) in [4.78, 5) is 36.9. The molecule has 0 bridgehead atoms. The van der Waals surface area contributed by atoms with Crippen LogP contribution in [0, 0.1) is 45.3 Å². The molecule has 2 saturated heterocycles. The van der Waals surface area contributed by atoms with Crippen molar-refractivity contribution in [3.8, 4) is 5.75 Å². The van der Waals surface area contributed by atoms with Gasteiger partial charge in [-0.15, -0.1) is 0 Å². The number of aromatic nitrogens is 1. The van der Waals surface area contributed by atoms with Crippen LogP contribution in [0.15, 0.2) is 35.0 Å². The van der Waals surface area contributed by atoms with E-state index in [9.17, 15) is 19.5 Å². The molecule has 310 valence electrons. The van der Waals surface area contributed by atoms with Crippen LogP contribution in [-0.4, -0.2) is 39.7 Å². The van der Waals surface area contributed by atoms with Gasteiger partial charge in [-0.25, -0.2) is 0 Å². The van der Waals surface area contributed by atoms with Crippen molar-refractivity contribution in [1.29, 1.82) is 0 Å². The van der Waals surface area contributed by atoms with Crippen molar-refractivity contribution in [3.63, 3.8) is 0 Å². The zero-order valence-electron chi connectivity index (χ0n) is 35.6. The lowest BCUT2D eigenvalue weighted by atomic mass is 9.52. The van der Waals surface area contributed by atoms with Crippen LogP contribution in [0.1, 0.15) is 176 Å². The standard InChI is InChI=1S/C25H31NO3.C25H32O4/c1-23(2)10-11-25(28-22(23)27)9-7-20-18-5-4-15-13-21-16(14-26-29-21)12-19(15)17(18)6-8-24(20,25)3;1-23(2)10-11-25(29-22(23)28)9-7-20-18-5-4-15-13-21(27)16(14-26)12-19(15)17(18)6-8-24(20,25)3/h12-14,17-18,20H,4-11H2,1-3H3;12-14,17-18,20,27H,4-11H2,1-3H3/t2*17?,18?,20?,24-,25+/m00/s1. The van der Waals surface area contributed by atoms with Crippen LogP contribution >= 0.6 is 0 Å². The minimum Gasteiger partial charge on any atom is -0.507 e. The number of carbonyl (C=O) groups is 3. The summed E-state index contributed by atoms with van der Waals surface area (Å²) in [6.07, 6.45) is 19.8. The van der Waals surface area contributed by atoms with Gasteiger partial charge >= 0.3 is 11.9 Å². The number of nitrogens with zero attached hydrogens (tertiary/aromatic N) is 1. The number of hydrogen-bond acceptors (Lipinski definition) is 8. The first-order chi connectivity index (χ1) is 27.5. The number of esters is 2. The molecule has 2 aliphatic heterocycles. The Hall–Kier alpha value is -3.68. The molecule has 8 aliphatic rings. The molecular formula is C50H63NO7. The Bertz CT molecular complexity index is 2200. The number of aldehydes is 1. The fourth-order valence-corrected chi connectivity index (χ4v) is 15.0. The maximum absolute atomic E-state index is 12.8. The molecule has 1 aromatic heterocycles. The topological polar surface area (TPSA) is 116 Å². The minimum atomic E-state index is -0.367. The Morgan fingerprint density at radius 1 is 0.638 bits per heavy atom. The molecule has 1 N–H and O–H groups in total. The molecular weight excluding hydrogens is 727 g/mol. The van der Waals surface area contributed by atoms with E-state index in [1.54, 1.807) is 0 Å². The number of phenolic OH excluding ortho intramolecular Hbond substituents is 1. The van der Waals surface area contributed by atoms with E-state index in [4.69, 9.17) is 14.0 Å². The summed E-state index contributed by atoms with van der Waals surface area (Å²) in [5, 5.41) is 15.2. The third kappa shape index (κ3) is 5.36. The Balaban J connectivity index is 0.000000141. The number of rotatable bonds is 1. The summed E-state index contributed by atoms with van der Waals surface area (Å²) >= 11 is 0. The van der Waals surface area contributed by atoms with Crippen LogP contribution in [0.3, 0.4) is 0 Å². The molecule has 11 rings (SSSR count). The minimum absolute atomic E-state index is 0.0205. The van der Waals surface area contributed by atoms with Crippen molar-refractivity contribution >= 4 is 29.2 Å². The molecule has 3 heterocycles. The van der Waals surface area contributed by atoms with Crippen LogP contribution in [0.2, 0.25) is 0 Å².